The maximum atomic E-state index is 10.9. The Balaban J connectivity index is 2.82. The van der Waals surface area contributed by atoms with Crippen LogP contribution >= 0.6 is 15.9 Å². The van der Waals surface area contributed by atoms with E-state index in [9.17, 15) is 4.79 Å². The van der Waals surface area contributed by atoms with E-state index in [0.717, 1.165) is 4.48 Å². The lowest BCUT2D eigenvalue weighted by Gasteiger charge is -2.22. The van der Waals surface area contributed by atoms with Crippen molar-refractivity contribution in [3.63, 3.8) is 0 Å². The van der Waals surface area contributed by atoms with E-state index in [2.05, 4.69) is 15.9 Å². The summed E-state index contributed by atoms with van der Waals surface area (Å²) < 4.78 is 1.01. The molecule has 0 saturated heterocycles. The van der Waals surface area contributed by atoms with Crippen LogP contribution in [0, 0.1) is 5.41 Å². The Morgan fingerprint density at radius 3 is 2.82 bits per heavy atom. The molecule has 3 heteroatoms. The highest BCUT2D eigenvalue weighted by Crippen LogP contribution is 2.30. The molecule has 0 aliphatic heterocycles. The van der Waals surface area contributed by atoms with E-state index >= 15 is 0 Å². The number of allylic oxidation sites excluding steroid dienone is 3. The van der Waals surface area contributed by atoms with Gasteiger partial charge in [0.25, 0.3) is 0 Å². The zero-order valence-corrected chi connectivity index (χ0v) is 7.89. The number of hydrogen-bond donors (Lipinski definition) is 1. The molecule has 1 atom stereocenters. The van der Waals surface area contributed by atoms with Gasteiger partial charge in [-0.2, -0.15) is 0 Å². The van der Waals surface area contributed by atoms with E-state index < -0.39 is 5.41 Å². The van der Waals surface area contributed by atoms with E-state index in [-0.39, 0.29) is 5.91 Å². The molecule has 0 saturated carbocycles. The summed E-state index contributed by atoms with van der Waals surface area (Å²) in [6.07, 6.45) is 6.32. The van der Waals surface area contributed by atoms with E-state index in [1.807, 2.05) is 25.2 Å². The molecule has 60 valence electrons. The van der Waals surface area contributed by atoms with Gasteiger partial charge in [0.1, 0.15) is 0 Å². The minimum absolute atomic E-state index is 0.273. The zero-order chi connectivity index (χ0) is 8.48. The van der Waals surface area contributed by atoms with Crippen LogP contribution in [-0.4, -0.2) is 5.91 Å². The molecule has 11 heavy (non-hydrogen) atoms. The summed E-state index contributed by atoms with van der Waals surface area (Å²) in [5.41, 5.74) is 4.72. The van der Waals surface area contributed by atoms with E-state index in [4.69, 9.17) is 5.73 Å². The molecule has 0 fully saturated rings. The number of primary amides is 1. The van der Waals surface area contributed by atoms with Gasteiger partial charge in [-0.05, 0) is 13.3 Å². The van der Waals surface area contributed by atoms with Gasteiger partial charge >= 0.3 is 0 Å². The van der Waals surface area contributed by atoms with Gasteiger partial charge in [-0.1, -0.05) is 34.2 Å². The van der Waals surface area contributed by atoms with Crippen LogP contribution in [0.5, 0.6) is 0 Å². The molecule has 2 nitrogen and oxygen atoms in total. The van der Waals surface area contributed by atoms with Gasteiger partial charge in [0.15, 0.2) is 0 Å². The van der Waals surface area contributed by atoms with Gasteiger partial charge in [-0.3, -0.25) is 4.79 Å². The summed E-state index contributed by atoms with van der Waals surface area (Å²) in [6, 6.07) is 0. The van der Waals surface area contributed by atoms with Gasteiger partial charge in [0, 0.05) is 4.48 Å². The van der Waals surface area contributed by atoms with Crippen LogP contribution in [0.4, 0.5) is 0 Å². The number of rotatable bonds is 1. The fourth-order valence-corrected chi connectivity index (χ4v) is 1.19. The van der Waals surface area contributed by atoms with Crippen LogP contribution < -0.4 is 5.73 Å². The second-order valence-corrected chi connectivity index (χ2v) is 3.82. The molecule has 0 heterocycles. The summed E-state index contributed by atoms with van der Waals surface area (Å²) in [4.78, 5) is 10.9. The fourth-order valence-electron chi connectivity index (χ4n) is 0.892. The Kier molecular flexibility index (Phi) is 2.18. The number of nitrogens with two attached hydrogens (primary N) is 1. The smallest absolute Gasteiger partial charge is 0.227 e. The normalized spacial score (nSPS) is 29.8. The molecular weight excluding hydrogens is 206 g/mol. The first kappa shape index (κ1) is 8.53. The highest BCUT2D eigenvalue weighted by molar-refractivity contribution is 9.11. The maximum Gasteiger partial charge on any atom is 0.227 e. The molecule has 0 aromatic heterocycles. The predicted octanol–water partition coefficient (Wildman–Crippen LogP) is 1.72. The summed E-state index contributed by atoms with van der Waals surface area (Å²) >= 11 is 3.31. The Bertz CT molecular complexity index is 244. The second-order valence-electron chi connectivity index (χ2n) is 2.91. The Morgan fingerprint density at radius 2 is 2.45 bits per heavy atom. The predicted molar refractivity (Wildman–Crippen MR) is 48.1 cm³/mol. The number of amides is 1. The van der Waals surface area contributed by atoms with Gasteiger partial charge < -0.3 is 5.73 Å². The van der Waals surface area contributed by atoms with Crippen molar-refractivity contribution in [3.8, 4) is 0 Å². The molecule has 1 amide bonds. The molecule has 0 bridgehead atoms. The monoisotopic (exact) mass is 215 g/mol. The molecule has 0 spiro atoms. The molecule has 1 unspecified atom stereocenters. The zero-order valence-electron chi connectivity index (χ0n) is 6.30. The van der Waals surface area contributed by atoms with Crippen LogP contribution in [-0.2, 0) is 4.79 Å². The number of hydrogen-bond acceptors (Lipinski definition) is 1. The lowest BCUT2D eigenvalue weighted by Crippen LogP contribution is -2.32. The lowest BCUT2D eigenvalue weighted by molar-refractivity contribution is -0.124. The van der Waals surface area contributed by atoms with Crippen LogP contribution in [0.1, 0.15) is 13.3 Å². The van der Waals surface area contributed by atoms with Crippen molar-refractivity contribution in [3.05, 3.63) is 22.7 Å². The van der Waals surface area contributed by atoms with Crippen molar-refractivity contribution in [2.45, 2.75) is 13.3 Å². The SMILES string of the molecule is CC1(C(N)=O)C=CC(Br)=CC1. The third kappa shape index (κ3) is 1.71. The Labute approximate surface area is 74.3 Å². The first-order valence-corrected chi connectivity index (χ1v) is 4.19. The van der Waals surface area contributed by atoms with Gasteiger partial charge in [0.05, 0.1) is 5.41 Å². The number of carbonyl (C=O) groups excluding carboxylic acids is 1. The third-order valence-electron chi connectivity index (χ3n) is 1.89. The minimum Gasteiger partial charge on any atom is -0.369 e. The van der Waals surface area contributed by atoms with Crippen molar-refractivity contribution in [1.29, 1.82) is 0 Å². The van der Waals surface area contributed by atoms with Gasteiger partial charge in [0.2, 0.25) is 5.91 Å². The third-order valence-corrected chi connectivity index (χ3v) is 2.48. The Morgan fingerprint density at radius 1 is 1.82 bits per heavy atom. The van der Waals surface area contributed by atoms with Crippen molar-refractivity contribution in [1.82, 2.24) is 0 Å². The first-order valence-electron chi connectivity index (χ1n) is 3.39. The number of carbonyl (C=O) groups is 1. The summed E-state index contributed by atoms with van der Waals surface area (Å²) in [6.45, 7) is 1.84. The van der Waals surface area contributed by atoms with E-state index in [1.54, 1.807) is 0 Å². The molecule has 1 aliphatic rings. The average Bonchev–Trinajstić information content (AvgIpc) is 1.95. The molecule has 0 radical (unpaired) electrons. The lowest BCUT2D eigenvalue weighted by atomic mass is 9.83. The van der Waals surface area contributed by atoms with Crippen LogP contribution in [0.3, 0.4) is 0 Å². The fraction of sp³-hybridized carbons (Fsp3) is 0.375. The highest BCUT2D eigenvalue weighted by Gasteiger charge is 2.28. The highest BCUT2D eigenvalue weighted by atomic mass is 79.9. The van der Waals surface area contributed by atoms with Gasteiger partial charge in [-0.25, -0.2) is 0 Å². The quantitative estimate of drug-likeness (QED) is 0.712. The molecule has 2 N–H and O–H groups in total. The minimum atomic E-state index is -0.489. The molecular formula is C8H10BrNO. The molecule has 1 rings (SSSR count). The van der Waals surface area contributed by atoms with E-state index in [0.29, 0.717) is 6.42 Å². The van der Waals surface area contributed by atoms with Crippen molar-refractivity contribution in [2.75, 3.05) is 0 Å². The largest absolute Gasteiger partial charge is 0.369 e. The number of halogens is 1. The van der Waals surface area contributed by atoms with Crippen LogP contribution in [0.15, 0.2) is 22.7 Å². The average molecular weight is 216 g/mol. The van der Waals surface area contributed by atoms with Crippen molar-refractivity contribution in [2.24, 2.45) is 11.1 Å². The first-order chi connectivity index (χ1) is 5.04. The standard InChI is InChI=1S/C8H10BrNO/c1-8(7(10)11)4-2-6(9)3-5-8/h2-4H,5H2,1H3,(H2,10,11). The molecule has 0 aromatic rings. The maximum absolute atomic E-state index is 10.9. The summed E-state index contributed by atoms with van der Waals surface area (Å²) in [7, 11) is 0. The molecule has 0 aromatic carbocycles. The van der Waals surface area contributed by atoms with Crippen LogP contribution in [0.25, 0.3) is 0 Å². The second kappa shape index (κ2) is 2.81. The summed E-state index contributed by atoms with van der Waals surface area (Å²) in [5, 5.41) is 0. The van der Waals surface area contributed by atoms with E-state index in [1.165, 1.54) is 0 Å². The summed E-state index contributed by atoms with van der Waals surface area (Å²) in [5.74, 6) is -0.273. The van der Waals surface area contributed by atoms with Crippen LogP contribution in [0.2, 0.25) is 0 Å². The topological polar surface area (TPSA) is 43.1 Å². The van der Waals surface area contributed by atoms with Crippen molar-refractivity contribution < 1.29 is 4.79 Å². The van der Waals surface area contributed by atoms with Crippen molar-refractivity contribution >= 4 is 21.8 Å². The van der Waals surface area contributed by atoms with Gasteiger partial charge in [-0.15, -0.1) is 0 Å². The Hall–Kier alpha value is -0.570. The molecule has 1 aliphatic carbocycles.